The molecule has 0 heterocycles. The first-order valence-electron chi connectivity index (χ1n) is 7.47. The highest BCUT2D eigenvalue weighted by molar-refractivity contribution is 5.50. The van der Waals surface area contributed by atoms with E-state index in [1.807, 2.05) is 0 Å². The Labute approximate surface area is 119 Å². The van der Waals surface area contributed by atoms with Crippen LogP contribution in [0.4, 0.5) is 5.69 Å². The fourth-order valence-corrected chi connectivity index (χ4v) is 2.18. The smallest absolute Gasteiger partial charge is 0.0368 e. The first-order chi connectivity index (χ1) is 8.87. The van der Waals surface area contributed by atoms with Crippen molar-refractivity contribution in [1.29, 1.82) is 0 Å². The first kappa shape index (κ1) is 16.0. The van der Waals surface area contributed by atoms with E-state index >= 15 is 0 Å². The van der Waals surface area contributed by atoms with Crippen LogP contribution in [0.2, 0.25) is 0 Å². The van der Waals surface area contributed by atoms with Crippen molar-refractivity contribution >= 4 is 5.69 Å². The van der Waals surface area contributed by atoms with Crippen molar-refractivity contribution in [2.45, 2.75) is 60.0 Å². The average Bonchev–Trinajstić information content (AvgIpc) is 2.33. The van der Waals surface area contributed by atoms with E-state index in [0.29, 0.717) is 0 Å². The second kappa shape index (κ2) is 6.95. The average molecular weight is 262 g/mol. The van der Waals surface area contributed by atoms with E-state index in [1.165, 1.54) is 23.2 Å². The molecule has 0 spiro atoms. The zero-order valence-electron chi connectivity index (χ0n) is 13.5. The third-order valence-electron chi connectivity index (χ3n) is 3.38. The Hall–Kier alpha value is -1.02. The maximum atomic E-state index is 3.55. The summed E-state index contributed by atoms with van der Waals surface area (Å²) in [6, 6.07) is 6.84. The van der Waals surface area contributed by atoms with Crippen molar-refractivity contribution in [3.05, 3.63) is 29.3 Å². The Kier molecular flexibility index (Phi) is 5.86. The standard InChI is InChI=1S/C17H30N2/c1-7-11-19(8-2)16-10-9-15(14(3)12-16)13-18-17(4,5)6/h9-10,12,18H,7-8,11,13H2,1-6H3. The van der Waals surface area contributed by atoms with Crippen LogP contribution < -0.4 is 10.2 Å². The molecule has 1 aromatic carbocycles. The maximum absolute atomic E-state index is 3.55. The highest BCUT2D eigenvalue weighted by Crippen LogP contribution is 2.20. The molecule has 1 rings (SSSR count). The summed E-state index contributed by atoms with van der Waals surface area (Å²) in [5.74, 6) is 0. The summed E-state index contributed by atoms with van der Waals surface area (Å²) in [4.78, 5) is 2.44. The molecule has 108 valence electrons. The SMILES string of the molecule is CCCN(CC)c1ccc(CNC(C)(C)C)c(C)c1. The quantitative estimate of drug-likeness (QED) is 0.829. The van der Waals surface area contributed by atoms with Gasteiger partial charge in [-0.25, -0.2) is 0 Å². The molecule has 2 nitrogen and oxygen atoms in total. The lowest BCUT2D eigenvalue weighted by molar-refractivity contribution is 0.424. The highest BCUT2D eigenvalue weighted by atomic mass is 15.1. The van der Waals surface area contributed by atoms with Crippen LogP contribution in [0.15, 0.2) is 18.2 Å². The molecular weight excluding hydrogens is 232 g/mol. The van der Waals surface area contributed by atoms with Gasteiger partial charge in [-0.15, -0.1) is 0 Å². The van der Waals surface area contributed by atoms with E-state index in [4.69, 9.17) is 0 Å². The second-order valence-corrected chi connectivity index (χ2v) is 6.29. The predicted octanol–water partition coefficient (Wildman–Crippen LogP) is 4.12. The van der Waals surface area contributed by atoms with E-state index in [0.717, 1.165) is 19.6 Å². The van der Waals surface area contributed by atoms with Gasteiger partial charge in [0.2, 0.25) is 0 Å². The van der Waals surface area contributed by atoms with Gasteiger partial charge < -0.3 is 10.2 Å². The first-order valence-corrected chi connectivity index (χ1v) is 7.47. The minimum absolute atomic E-state index is 0.169. The Morgan fingerprint density at radius 3 is 2.32 bits per heavy atom. The highest BCUT2D eigenvalue weighted by Gasteiger charge is 2.10. The molecule has 0 aliphatic heterocycles. The van der Waals surface area contributed by atoms with Gasteiger partial charge in [-0.2, -0.15) is 0 Å². The minimum atomic E-state index is 0.169. The largest absolute Gasteiger partial charge is 0.372 e. The van der Waals surface area contributed by atoms with Gasteiger partial charge in [0, 0.05) is 30.9 Å². The van der Waals surface area contributed by atoms with Crippen LogP contribution in [-0.4, -0.2) is 18.6 Å². The summed E-state index contributed by atoms with van der Waals surface area (Å²) < 4.78 is 0. The molecule has 0 radical (unpaired) electrons. The molecule has 0 bridgehead atoms. The number of nitrogens with zero attached hydrogens (tertiary/aromatic N) is 1. The molecule has 0 aliphatic carbocycles. The third-order valence-corrected chi connectivity index (χ3v) is 3.38. The zero-order valence-corrected chi connectivity index (χ0v) is 13.5. The Morgan fingerprint density at radius 2 is 1.84 bits per heavy atom. The van der Waals surface area contributed by atoms with Crippen LogP contribution in [-0.2, 0) is 6.54 Å². The van der Waals surface area contributed by atoms with Gasteiger partial charge in [0.25, 0.3) is 0 Å². The molecule has 0 atom stereocenters. The van der Waals surface area contributed by atoms with Crippen molar-refractivity contribution in [2.75, 3.05) is 18.0 Å². The van der Waals surface area contributed by atoms with E-state index in [2.05, 4.69) is 70.0 Å². The van der Waals surface area contributed by atoms with Crippen molar-refractivity contribution in [1.82, 2.24) is 5.32 Å². The van der Waals surface area contributed by atoms with E-state index in [1.54, 1.807) is 0 Å². The van der Waals surface area contributed by atoms with Crippen LogP contribution in [0.1, 0.15) is 52.2 Å². The molecule has 0 aromatic heterocycles. The minimum Gasteiger partial charge on any atom is -0.372 e. The van der Waals surface area contributed by atoms with Crippen LogP contribution in [0.5, 0.6) is 0 Å². The van der Waals surface area contributed by atoms with Crippen molar-refractivity contribution < 1.29 is 0 Å². The van der Waals surface area contributed by atoms with Gasteiger partial charge in [0.05, 0.1) is 0 Å². The number of hydrogen-bond acceptors (Lipinski definition) is 2. The number of hydrogen-bond donors (Lipinski definition) is 1. The monoisotopic (exact) mass is 262 g/mol. The summed E-state index contributed by atoms with van der Waals surface area (Å²) in [6.07, 6.45) is 1.19. The van der Waals surface area contributed by atoms with Gasteiger partial charge >= 0.3 is 0 Å². The van der Waals surface area contributed by atoms with E-state index in [9.17, 15) is 0 Å². The lowest BCUT2D eigenvalue weighted by Crippen LogP contribution is -2.35. The zero-order chi connectivity index (χ0) is 14.5. The summed E-state index contributed by atoms with van der Waals surface area (Å²) >= 11 is 0. The third kappa shape index (κ3) is 5.23. The van der Waals surface area contributed by atoms with Gasteiger partial charge in [-0.1, -0.05) is 13.0 Å². The fraction of sp³-hybridized carbons (Fsp3) is 0.647. The topological polar surface area (TPSA) is 15.3 Å². The van der Waals surface area contributed by atoms with Crippen molar-refractivity contribution in [3.8, 4) is 0 Å². The molecule has 2 heteroatoms. The van der Waals surface area contributed by atoms with Crippen LogP contribution in [0, 0.1) is 6.92 Å². The van der Waals surface area contributed by atoms with Crippen molar-refractivity contribution in [2.24, 2.45) is 0 Å². The van der Waals surface area contributed by atoms with Crippen molar-refractivity contribution in [3.63, 3.8) is 0 Å². The summed E-state index contributed by atoms with van der Waals surface area (Å²) in [6.45, 7) is 16.4. The summed E-state index contributed by atoms with van der Waals surface area (Å²) in [5.41, 5.74) is 4.29. The normalized spacial score (nSPS) is 11.7. The molecule has 0 aliphatic rings. The molecule has 0 amide bonds. The molecular formula is C17H30N2. The number of anilines is 1. The van der Waals surface area contributed by atoms with Gasteiger partial charge in [-0.05, 0) is 64.3 Å². The summed E-state index contributed by atoms with van der Waals surface area (Å²) in [7, 11) is 0. The Morgan fingerprint density at radius 1 is 1.16 bits per heavy atom. The predicted molar refractivity (Wildman–Crippen MR) is 85.9 cm³/mol. The molecule has 1 aromatic rings. The molecule has 1 N–H and O–H groups in total. The molecule has 0 fully saturated rings. The Balaban J connectivity index is 2.79. The fourth-order valence-electron chi connectivity index (χ4n) is 2.18. The van der Waals surface area contributed by atoms with Crippen LogP contribution >= 0.6 is 0 Å². The molecule has 0 unspecified atom stereocenters. The second-order valence-electron chi connectivity index (χ2n) is 6.29. The van der Waals surface area contributed by atoms with Gasteiger partial charge in [0.1, 0.15) is 0 Å². The Bertz CT molecular complexity index is 391. The van der Waals surface area contributed by atoms with Crippen LogP contribution in [0.3, 0.4) is 0 Å². The molecule has 0 saturated carbocycles. The number of nitrogens with one attached hydrogen (secondary N) is 1. The molecule has 0 saturated heterocycles. The lowest BCUT2D eigenvalue weighted by Gasteiger charge is -2.25. The molecule has 19 heavy (non-hydrogen) atoms. The van der Waals surface area contributed by atoms with Gasteiger partial charge in [-0.3, -0.25) is 0 Å². The van der Waals surface area contributed by atoms with Gasteiger partial charge in [0.15, 0.2) is 0 Å². The number of aryl methyl sites for hydroxylation is 1. The van der Waals surface area contributed by atoms with E-state index in [-0.39, 0.29) is 5.54 Å². The lowest BCUT2D eigenvalue weighted by atomic mass is 10.0. The maximum Gasteiger partial charge on any atom is 0.0368 e. The number of benzene rings is 1. The van der Waals surface area contributed by atoms with E-state index < -0.39 is 0 Å². The summed E-state index contributed by atoms with van der Waals surface area (Å²) in [5, 5.41) is 3.55. The number of rotatable bonds is 6. The van der Waals surface area contributed by atoms with Crippen LogP contribution in [0.25, 0.3) is 0 Å².